The third-order valence-electron chi connectivity index (χ3n) is 4.60. The minimum atomic E-state index is 0. The number of nitrogens with one attached hydrogen (secondary N) is 1. The van der Waals surface area contributed by atoms with Crippen LogP contribution >= 0.6 is 24.0 Å². The van der Waals surface area contributed by atoms with E-state index in [1.807, 2.05) is 7.05 Å². The lowest BCUT2D eigenvalue weighted by Crippen LogP contribution is -2.40. The van der Waals surface area contributed by atoms with Gasteiger partial charge in [-0.2, -0.15) is 0 Å². The van der Waals surface area contributed by atoms with Crippen LogP contribution in [0.15, 0.2) is 35.3 Å². The average molecular weight is 460 g/mol. The zero-order valence-electron chi connectivity index (χ0n) is 15.8. The van der Waals surface area contributed by atoms with Gasteiger partial charge in [0.15, 0.2) is 5.96 Å². The van der Waals surface area contributed by atoms with Gasteiger partial charge >= 0.3 is 0 Å². The van der Waals surface area contributed by atoms with Gasteiger partial charge in [0.05, 0.1) is 6.61 Å². The summed E-state index contributed by atoms with van der Waals surface area (Å²) in [6, 6.07) is 10.5. The Hall–Kier alpha value is -1.02. The molecule has 1 atom stereocenters. The summed E-state index contributed by atoms with van der Waals surface area (Å²) in [6.07, 6.45) is 3.50. The smallest absolute Gasteiger partial charge is 0.193 e. The molecule has 1 aliphatic heterocycles. The van der Waals surface area contributed by atoms with Crippen molar-refractivity contribution in [1.29, 1.82) is 0 Å². The number of benzene rings is 1. The van der Waals surface area contributed by atoms with Crippen LogP contribution in [0.25, 0.3) is 0 Å². The van der Waals surface area contributed by atoms with E-state index in [1.165, 1.54) is 18.5 Å². The van der Waals surface area contributed by atoms with Crippen molar-refractivity contribution in [1.82, 2.24) is 10.2 Å². The Morgan fingerprint density at radius 2 is 2.08 bits per heavy atom. The van der Waals surface area contributed by atoms with E-state index in [1.54, 1.807) is 7.11 Å². The highest BCUT2D eigenvalue weighted by atomic mass is 127. The number of halogens is 1. The molecule has 1 aromatic rings. The zero-order chi connectivity index (χ0) is 17.2. The van der Waals surface area contributed by atoms with Gasteiger partial charge in [-0.25, -0.2) is 0 Å². The Balaban J connectivity index is 0.00000312. The molecular formula is C19H33IN4O. The number of ether oxygens (including phenoxy) is 1. The molecule has 0 radical (unpaired) electrons. The third kappa shape index (κ3) is 7.40. The first-order valence-corrected chi connectivity index (χ1v) is 8.95. The van der Waals surface area contributed by atoms with E-state index in [-0.39, 0.29) is 24.0 Å². The molecule has 1 fully saturated rings. The van der Waals surface area contributed by atoms with Gasteiger partial charge in [0.2, 0.25) is 0 Å². The first-order chi connectivity index (χ1) is 11.7. The van der Waals surface area contributed by atoms with Gasteiger partial charge in [0.25, 0.3) is 0 Å². The molecule has 2 rings (SSSR count). The molecular weight excluding hydrogens is 427 g/mol. The maximum Gasteiger partial charge on any atom is 0.193 e. The predicted octanol–water partition coefficient (Wildman–Crippen LogP) is 3.06. The number of rotatable bonds is 8. The highest BCUT2D eigenvalue weighted by Gasteiger charge is 2.24. The van der Waals surface area contributed by atoms with Crippen LogP contribution in [-0.2, 0) is 4.74 Å². The number of hydrogen-bond donors (Lipinski definition) is 1. The van der Waals surface area contributed by atoms with Crippen LogP contribution in [0.2, 0.25) is 0 Å². The Morgan fingerprint density at radius 3 is 2.76 bits per heavy atom. The van der Waals surface area contributed by atoms with E-state index in [2.05, 4.69) is 57.5 Å². The molecule has 0 spiro atoms. The Kier molecular flexibility index (Phi) is 10.9. The molecule has 0 amide bonds. The van der Waals surface area contributed by atoms with Gasteiger partial charge in [-0.3, -0.25) is 4.99 Å². The average Bonchev–Trinajstić information content (AvgIpc) is 3.07. The van der Waals surface area contributed by atoms with Gasteiger partial charge in [-0.1, -0.05) is 18.2 Å². The second kappa shape index (κ2) is 12.4. The van der Waals surface area contributed by atoms with Crippen molar-refractivity contribution in [2.45, 2.75) is 19.3 Å². The van der Waals surface area contributed by atoms with Crippen molar-refractivity contribution in [3.8, 4) is 0 Å². The fourth-order valence-electron chi connectivity index (χ4n) is 3.21. The summed E-state index contributed by atoms with van der Waals surface area (Å²) in [7, 11) is 5.80. The number of guanidine groups is 1. The van der Waals surface area contributed by atoms with Crippen LogP contribution in [0.1, 0.15) is 19.3 Å². The first kappa shape index (κ1) is 22.0. The molecule has 142 valence electrons. The molecule has 5 nitrogen and oxygen atoms in total. The minimum Gasteiger partial charge on any atom is -0.384 e. The normalized spacial score (nSPS) is 17.3. The Morgan fingerprint density at radius 1 is 1.32 bits per heavy atom. The van der Waals surface area contributed by atoms with Gasteiger partial charge in [0.1, 0.15) is 0 Å². The van der Waals surface area contributed by atoms with E-state index < -0.39 is 0 Å². The van der Waals surface area contributed by atoms with E-state index in [4.69, 9.17) is 4.74 Å². The molecule has 1 N–H and O–H groups in total. The van der Waals surface area contributed by atoms with Crippen LogP contribution in [0.3, 0.4) is 0 Å². The molecule has 1 unspecified atom stereocenters. The highest BCUT2D eigenvalue weighted by molar-refractivity contribution is 14.0. The van der Waals surface area contributed by atoms with Crippen LogP contribution in [0, 0.1) is 5.92 Å². The van der Waals surface area contributed by atoms with Crippen molar-refractivity contribution in [3.05, 3.63) is 30.3 Å². The van der Waals surface area contributed by atoms with E-state index in [0.29, 0.717) is 5.92 Å². The lowest BCUT2D eigenvalue weighted by molar-refractivity contribution is 0.157. The minimum absolute atomic E-state index is 0. The summed E-state index contributed by atoms with van der Waals surface area (Å²) in [6.45, 7) is 5.01. The molecule has 1 aromatic carbocycles. The molecule has 0 aliphatic carbocycles. The topological polar surface area (TPSA) is 40.1 Å². The molecule has 1 saturated heterocycles. The molecule has 0 saturated carbocycles. The van der Waals surface area contributed by atoms with Crippen LogP contribution < -0.4 is 10.2 Å². The Labute approximate surface area is 169 Å². The standard InChI is InChI=1S/C19H32N4O.HI/c1-20-19(23-14-11-17(15-23)16-24-3)21-12-7-8-13-22(2)18-9-5-4-6-10-18;/h4-6,9-10,17H,7-8,11-16H2,1-3H3,(H,20,21);1H. The van der Waals surface area contributed by atoms with Gasteiger partial charge in [-0.05, 0) is 31.4 Å². The summed E-state index contributed by atoms with van der Waals surface area (Å²) in [5.41, 5.74) is 1.28. The number of nitrogens with zero attached hydrogens (tertiary/aromatic N) is 3. The van der Waals surface area contributed by atoms with Crippen LogP contribution in [0.5, 0.6) is 0 Å². The third-order valence-corrected chi connectivity index (χ3v) is 4.60. The second-order valence-corrected chi connectivity index (χ2v) is 6.49. The number of unbranched alkanes of at least 4 members (excludes halogenated alkanes) is 1. The molecule has 1 aliphatic rings. The van der Waals surface area contributed by atoms with Gasteiger partial charge in [0, 0.05) is 59.0 Å². The summed E-state index contributed by atoms with van der Waals surface area (Å²) in [5.74, 6) is 1.66. The monoisotopic (exact) mass is 460 g/mol. The van der Waals surface area contributed by atoms with Crippen molar-refractivity contribution in [2.24, 2.45) is 10.9 Å². The van der Waals surface area contributed by atoms with Gasteiger partial charge in [-0.15, -0.1) is 24.0 Å². The molecule has 0 bridgehead atoms. The van der Waals surface area contributed by atoms with Crippen LogP contribution in [-0.4, -0.2) is 64.9 Å². The number of para-hydroxylation sites is 1. The summed E-state index contributed by atoms with van der Waals surface area (Å²) >= 11 is 0. The van der Waals surface area contributed by atoms with E-state index in [0.717, 1.165) is 45.2 Å². The van der Waals surface area contributed by atoms with Crippen LogP contribution in [0.4, 0.5) is 5.69 Å². The van der Waals surface area contributed by atoms with Crippen molar-refractivity contribution in [2.75, 3.05) is 58.9 Å². The fourth-order valence-corrected chi connectivity index (χ4v) is 3.21. The summed E-state index contributed by atoms with van der Waals surface area (Å²) in [4.78, 5) is 9.08. The molecule has 6 heteroatoms. The lowest BCUT2D eigenvalue weighted by atomic mass is 10.1. The number of hydrogen-bond acceptors (Lipinski definition) is 3. The number of aliphatic imine (C=N–C) groups is 1. The maximum absolute atomic E-state index is 5.27. The lowest BCUT2D eigenvalue weighted by Gasteiger charge is -2.22. The van der Waals surface area contributed by atoms with Crippen molar-refractivity contribution < 1.29 is 4.74 Å². The molecule has 1 heterocycles. The first-order valence-electron chi connectivity index (χ1n) is 8.95. The number of anilines is 1. The molecule has 0 aromatic heterocycles. The van der Waals surface area contributed by atoms with Crippen molar-refractivity contribution >= 4 is 35.6 Å². The number of methoxy groups -OCH3 is 1. The largest absolute Gasteiger partial charge is 0.384 e. The molecule has 25 heavy (non-hydrogen) atoms. The van der Waals surface area contributed by atoms with E-state index >= 15 is 0 Å². The SMILES string of the molecule is CN=C(NCCCCN(C)c1ccccc1)N1CCC(COC)C1.I. The summed E-state index contributed by atoms with van der Waals surface area (Å²) in [5, 5.41) is 3.50. The Bertz CT molecular complexity index is 497. The van der Waals surface area contributed by atoms with Gasteiger partial charge < -0.3 is 19.9 Å². The zero-order valence-corrected chi connectivity index (χ0v) is 18.1. The maximum atomic E-state index is 5.27. The second-order valence-electron chi connectivity index (χ2n) is 6.49. The number of likely N-dealkylation sites (tertiary alicyclic amines) is 1. The summed E-state index contributed by atoms with van der Waals surface area (Å²) < 4.78 is 5.27. The quantitative estimate of drug-likeness (QED) is 0.280. The fraction of sp³-hybridized carbons (Fsp3) is 0.632. The van der Waals surface area contributed by atoms with Crippen molar-refractivity contribution in [3.63, 3.8) is 0 Å². The predicted molar refractivity (Wildman–Crippen MR) is 117 cm³/mol. The van der Waals surface area contributed by atoms with E-state index in [9.17, 15) is 0 Å². The highest BCUT2D eigenvalue weighted by Crippen LogP contribution is 2.16.